The van der Waals surface area contributed by atoms with E-state index in [0.717, 1.165) is 5.56 Å². The molecule has 0 saturated carbocycles. The van der Waals surface area contributed by atoms with Crippen LogP contribution in [0.1, 0.15) is 5.56 Å². The van der Waals surface area contributed by atoms with E-state index in [9.17, 15) is 0 Å². The van der Waals surface area contributed by atoms with Gasteiger partial charge in [0.05, 0.1) is 19.8 Å². The van der Waals surface area contributed by atoms with E-state index in [2.05, 4.69) is 0 Å². The molecule has 0 atom stereocenters. The van der Waals surface area contributed by atoms with Gasteiger partial charge < -0.3 is 9.84 Å². The fraction of sp³-hybridized carbons (Fsp3) is 0.333. The molecular weight excluding hydrogens is 163 g/mol. The van der Waals surface area contributed by atoms with Crippen molar-refractivity contribution in [3.63, 3.8) is 0 Å². The summed E-state index contributed by atoms with van der Waals surface area (Å²) in [4.78, 5) is 0. The van der Waals surface area contributed by atoms with Gasteiger partial charge in [-0.1, -0.05) is 30.3 Å². The van der Waals surface area contributed by atoms with E-state index >= 15 is 0 Å². The molecule has 62 valence electrons. The van der Waals surface area contributed by atoms with Gasteiger partial charge in [-0.05, 0) is 5.56 Å². The van der Waals surface area contributed by atoms with E-state index in [1.165, 1.54) is 0 Å². The van der Waals surface area contributed by atoms with Gasteiger partial charge in [0.1, 0.15) is 0 Å². The van der Waals surface area contributed by atoms with Crippen LogP contribution in [0.15, 0.2) is 30.3 Å². The van der Waals surface area contributed by atoms with E-state index in [-0.39, 0.29) is 36.2 Å². The second kappa shape index (κ2) is 7.77. The van der Waals surface area contributed by atoms with E-state index in [0.29, 0.717) is 13.2 Å². The van der Waals surface area contributed by atoms with Crippen molar-refractivity contribution in [3.05, 3.63) is 35.9 Å². The molecule has 1 rings (SSSR count). The summed E-state index contributed by atoms with van der Waals surface area (Å²) < 4.78 is 5.12. The number of hydrogen-bond acceptors (Lipinski definition) is 2. The molecule has 0 amide bonds. The number of aliphatic hydroxyl groups is 1. The van der Waals surface area contributed by atoms with Crippen LogP contribution in [0, 0.1) is 0 Å². The Hall–Kier alpha value is 0.140. The van der Waals surface area contributed by atoms with Gasteiger partial charge in [-0.3, -0.25) is 0 Å². The first-order valence-corrected chi connectivity index (χ1v) is 3.66. The first-order chi connectivity index (χ1) is 5.43. The monoisotopic (exact) mass is 176 g/mol. The van der Waals surface area contributed by atoms with Crippen LogP contribution < -0.4 is 0 Å². The Bertz CT molecular complexity index is 189. The third-order valence-corrected chi connectivity index (χ3v) is 1.35. The molecule has 0 aliphatic carbocycles. The Morgan fingerprint density at radius 3 is 2.42 bits per heavy atom. The van der Waals surface area contributed by atoms with Crippen molar-refractivity contribution >= 4 is 29.6 Å². The summed E-state index contributed by atoms with van der Waals surface area (Å²) in [6.07, 6.45) is 0. The summed E-state index contributed by atoms with van der Waals surface area (Å²) in [6.45, 7) is 1.09. The van der Waals surface area contributed by atoms with Crippen molar-refractivity contribution in [3.8, 4) is 0 Å². The summed E-state index contributed by atoms with van der Waals surface area (Å²) in [7, 11) is 0. The standard InChI is InChI=1S/C9H12O2.Na.H/c10-6-7-11-8-9-4-2-1-3-5-9;;/h1-5,10H,6-8H2;;. The molecule has 1 N–H and O–H groups in total. The Labute approximate surface area is 94.8 Å². The topological polar surface area (TPSA) is 29.5 Å². The van der Waals surface area contributed by atoms with Gasteiger partial charge in [0, 0.05) is 0 Å². The first-order valence-electron chi connectivity index (χ1n) is 3.66. The van der Waals surface area contributed by atoms with Crippen molar-refractivity contribution in [2.45, 2.75) is 6.61 Å². The van der Waals surface area contributed by atoms with Crippen molar-refractivity contribution in [2.75, 3.05) is 13.2 Å². The molecule has 12 heavy (non-hydrogen) atoms. The second-order valence-corrected chi connectivity index (χ2v) is 2.26. The molecule has 0 heterocycles. The Kier molecular flexibility index (Phi) is 7.86. The molecule has 1 aromatic rings. The first kappa shape index (κ1) is 12.1. The molecule has 0 aliphatic heterocycles. The van der Waals surface area contributed by atoms with Crippen molar-refractivity contribution < 1.29 is 9.84 Å². The third-order valence-electron chi connectivity index (χ3n) is 1.35. The third kappa shape index (κ3) is 4.91. The number of hydrogen-bond donors (Lipinski definition) is 1. The molecule has 2 nitrogen and oxygen atoms in total. The predicted molar refractivity (Wildman–Crippen MR) is 50.3 cm³/mol. The zero-order chi connectivity index (χ0) is 7.94. The quantitative estimate of drug-likeness (QED) is 0.536. The van der Waals surface area contributed by atoms with Crippen LogP contribution in [-0.2, 0) is 11.3 Å². The molecule has 0 fully saturated rings. The van der Waals surface area contributed by atoms with Gasteiger partial charge in [0.2, 0.25) is 0 Å². The van der Waals surface area contributed by atoms with E-state index < -0.39 is 0 Å². The van der Waals surface area contributed by atoms with Crippen molar-refractivity contribution in [1.82, 2.24) is 0 Å². The van der Waals surface area contributed by atoms with Gasteiger partial charge in [0.25, 0.3) is 0 Å². The summed E-state index contributed by atoms with van der Waals surface area (Å²) in [5.74, 6) is 0. The summed E-state index contributed by atoms with van der Waals surface area (Å²) in [5.41, 5.74) is 1.14. The maximum absolute atomic E-state index is 8.42. The normalized spacial score (nSPS) is 9.08. The van der Waals surface area contributed by atoms with Crippen LogP contribution in [0.3, 0.4) is 0 Å². The molecule has 3 heteroatoms. The van der Waals surface area contributed by atoms with Crippen molar-refractivity contribution in [2.24, 2.45) is 0 Å². The average Bonchev–Trinajstić information content (AvgIpc) is 2.07. The fourth-order valence-electron chi connectivity index (χ4n) is 0.829. The molecule has 0 radical (unpaired) electrons. The number of aliphatic hydroxyl groups excluding tert-OH is 1. The second-order valence-electron chi connectivity index (χ2n) is 2.26. The SMILES string of the molecule is OCCOCc1ccccc1.[NaH]. The van der Waals surface area contributed by atoms with Crippen molar-refractivity contribution in [1.29, 1.82) is 0 Å². The zero-order valence-corrected chi connectivity index (χ0v) is 6.36. The molecular formula is C9H13NaO2. The molecule has 1 aromatic carbocycles. The average molecular weight is 176 g/mol. The zero-order valence-electron chi connectivity index (χ0n) is 6.36. The van der Waals surface area contributed by atoms with Crippen LogP contribution in [0.2, 0.25) is 0 Å². The molecule has 0 aromatic heterocycles. The van der Waals surface area contributed by atoms with Gasteiger partial charge in [-0.2, -0.15) is 0 Å². The van der Waals surface area contributed by atoms with Gasteiger partial charge in [0.15, 0.2) is 0 Å². The minimum atomic E-state index is 0. The Morgan fingerprint density at radius 1 is 1.17 bits per heavy atom. The van der Waals surface area contributed by atoms with E-state index in [1.807, 2.05) is 30.3 Å². The molecule has 0 unspecified atom stereocenters. The molecule has 0 saturated heterocycles. The van der Waals surface area contributed by atoms with Gasteiger partial charge in [-0.15, -0.1) is 0 Å². The van der Waals surface area contributed by atoms with Crippen LogP contribution in [0.5, 0.6) is 0 Å². The van der Waals surface area contributed by atoms with Gasteiger partial charge in [-0.25, -0.2) is 0 Å². The van der Waals surface area contributed by atoms with Crippen LogP contribution >= 0.6 is 0 Å². The number of benzene rings is 1. The Morgan fingerprint density at radius 2 is 1.83 bits per heavy atom. The summed E-state index contributed by atoms with van der Waals surface area (Å²) in [5, 5.41) is 8.42. The van der Waals surface area contributed by atoms with Crippen LogP contribution in [0.4, 0.5) is 0 Å². The fourth-order valence-corrected chi connectivity index (χ4v) is 0.829. The molecule has 0 bridgehead atoms. The van der Waals surface area contributed by atoms with E-state index in [1.54, 1.807) is 0 Å². The summed E-state index contributed by atoms with van der Waals surface area (Å²) >= 11 is 0. The van der Waals surface area contributed by atoms with Crippen LogP contribution in [-0.4, -0.2) is 47.9 Å². The van der Waals surface area contributed by atoms with Gasteiger partial charge >= 0.3 is 29.6 Å². The predicted octanol–water partition coefficient (Wildman–Crippen LogP) is 0.547. The summed E-state index contributed by atoms with van der Waals surface area (Å²) in [6, 6.07) is 9.90. The molecule has 0 spiro atoms. The number of ether oxygens (including phenoxy) is 1. The Balaban J connectivity index is 0.00000121. The number of rotatable bonds is 4. The maximum atomic E-state index is 8.42. The van der Waals surface area contributed by atoms with Crippen LogP contribution in [0.25, 0.3) is 0 Å². The van der Waals surface area contributed by atoms with E-state index in [4.69, 9.17) is 9.84 Å². The minimum absolute atomic E-state index is 0. The molecule has 0 aliphatic rings.